The van der Waals surface area contributed by atoms with E-state index in [9.17, 15) is 28.8 Å². The molecule has 0 aliphatic carbocycles. The van der Waals surface area contributed by atoms with E-state index in [1.807, 2.05) is 0 Å². The van der Waals surface area contributed by atoms with Gasteiger partial charge in [-0.15, -0.1) is 0 Å². The Kier molecular flexibility index (Phi) is 11.1. The van der Waals surface area contributed by atoms with E-state index < -0.39 is 110 Å². The number of carbonyl (C=O) groups excluding carboxylic acids is 6. The van der Waals surface area contributed by atoms with Gasteiger partial charge in [-0.25, -0.2) is 4.79 Å². The number of hydrogen-bond donors (Lipinski definition) is 0. The lowest BCUT2D eigenvalue weighted by Crippen LogP contribution is -2.64. The largest absolute Gasteiger partial charge is 0.466 e. The van der Waals surface area contributed by atoms with Crippen LogP contribution in [0.3, 0.4) is 0 Å². The van der Waals surface area contributed by atoms with Crippen molar-refractivity contribution < 1.29 is 80.9 Å². The van der Waals surface area contributed by atoms with Gasteiger partial charge in [-0.3, -0.25) is 24.0 Å². The van der Waals surface area contributed by atoms with Gasteiger partial charge in [0.1, 0.15) is 31.0 Å². The van der Waals surface area contributed by atoms with E-state index in [1.165, 1.54) is 0 Å². The van der Waals surface area contributed by atoms with Crippen molar-refractivity contribution in [3.63, 3.8) is 0 Å². The fourth-order valence-electron chi connectivity index (χ4n) is 4.90. The minimum atomic E-state index is -1.67. The maximum atomic E-state index is 12.7. The summed E-state index contributed by atoms with van der Waals surface area (Å²) in [5, 5.41) is 0. The van der Waals surface area contributed by atoms with E-state index in [2.05, 4.69) is 0 Å². The summed E-state index contributed by atoms with van der Waals surface area (Å²) < 4.78 is 61.2. The van der Waals surface area contributed by atoms with Crippen LogP contribution in [0.15, 0.2) is 0 Å². The first kappa shape index (κ1) is 34.1. The van der Waals surface area contributed by atoms with Crippen molar-refractivity contribution in [1.29, 1.82) is 0 Å². The quantitative estimate of drug-likeness (QED) is 0.222. The highest BCUT2D eigenvalue weighted by atomic mass is 16.9. The summed E-state index contributed by atoms with van der Waals surface area (Å²) in [5.41, 5.74) is 0. The number of hydrogen-bond acceptors (Lipinski definition) is 17. The van der Waals surface area contributed by atoms with Crippen LogP contribution in [-0.4, -0.2) is 117 Å². The molecular formula is C26H36O17. The zero-order chi connectivity index (χ0) is 32.2. The standard InChI is InChI=1S/C26H36O17/c1-10(27)34-9-15-16(35-11(2)28)17(36-12(3)29)21(38-14(5)31)24(39-15)40-19-18(20(23(32)33-8)37-13(4)30)41-25-22(19)42-26(6,7)43-25/h15-22,24-25H,9H2,1-8H3. The van der Waals surface area contributed by atoms with E-state index in [0.29, 0.717) is 0 Å². The molecule has 0 N–H and O–H groups in total. The molecule has 0 spiro atoms. The van der Waals surface area contributed by atoms with Crippen LogP contribution in [0, 0.1) is 0 Å². The third-order valence-corrected chi connectivity index (χ3v) is 6.29. The molecule has 43 heavy (non-hydrogen) atoms. The molecule has 0 aromatic rings. The molecule has 0 saturated carbocycles. The van der Waals surface area contributed by atoms with Gasteiger partial charge in [-0.05, 0) is 13.8 Å². The molecule has 0 amide bonds. The first-order valence-electron chi connectivity index (χ1n) is 13.2. The third kappa shape index (κ3) is 8.60. The van der Waals surface area contributed by atoms with Gasteiger partial charge in [0.15, 0.2) is 36.7 Å². The second-order valence-corrected chi connectivity index (χ2v) is 10.3. The van der Waals surface area contributed by atoms with Crippen molar-refractivity contribution in [3.8, 4) is 0 Å². The van der Waals surface area contributed by atoms with E-state index >= 15 is 0 Å². The molecule has 0 aromatic heterocycles. The molecule has 3 saturated heterocycles. The molecule has 242 valence electrons. The minimum absolute atomic E-state index is 0.501. The van der Waals surface area contributed by atoms with Crippen molar-refractivity contribution in [3.05, 3.63) is 0 Å². The van der Waals surface area contributed by atoms with Gasteiger partial charge in [0.2, 0.25) is 6.10 Å². The van der Waals surface area contributed by atoms with Crippen LogP contribution in [0.2, 0.25) is 0 Å². The molecule has 3 heterocycles. The molecule has 3 aliphatic rings. The van der Waals surface area contributed by atoms with Gasteiger partial charge in [-0.2, -0.15) is 0 Å². The highest BCUT2D eigenvalue weighted by molar-refractivity contribution is 5.79. The first-order valence-corrected chi connectivity index (χ1v) is 13.2. The Balaban J connectivity index is 2.07. The zero-order valence-electron chi connectivity index (χ0n) is 24.9. The molecule has 0 radical (unpaired) electrons. The van der Waals surface area contributed by atoms with Crippen LogP contribution < -0.4 is 0 Å². The van der Waals surface area contributed by atoms with Gasteiger partial charge >= 0.3 is 35.8 Å². The first-order chi connectivity index (χ1) is 20.0. The van der Waals surface area contributed by atoms with Crippen molar-refractivity contribution in [1.82, 2.24) is 0 Å². The van der Waals surface area contributed by atoms with Gasteiger partial charge in [0, 0.05) is 34.6 Å². The molecule has 3 fully saturated rings. The number of methoxy groups -OCH3 is 1. The number of carbonyl (C=O) groups is 6. The van der Waals surface area contributed by atoms with Gasteiger partial charge < -0.3 is 52.1 Å². The summed E-state index contributed by atoms with van der Waals surface area (Å²) in [6, 6.07) is 0. The lowest BCUT2D eigenvalue weighted by atomic mass is 9.97. The van der Waals surface area contributed by atoms with Crippen LogP contribution in [0.5, 0.6) is 0 Å². The highest BCUT2D eigenvalue weighted by Crippen LogP contribution is 2.42. The number of ether oxygens (including phenoxy) is 11. The summed E-state index contributed by atoms with van der Waals surface area (Å²) in [4.78, 5) is 72.5. The van der Waals surface area contributed by atoms with Crippen LogP contribution in [-0.2, 0) is 80.9 Å². The molecule has 17 heteroatoms. The van der Waals surface area contributed by atoms with Crippen molar-refractivity contribution in [2.24, 2.45) is 0 Å². The predicted molar refractivity (Wildman–Crippen MR) is 133 cm³/mol. The summed E-state index contributed by atoms with van der Waals surface area (Å²) in [6.07, 6.45) is -14.1. The highest BCUT2D eigenvalue weighted by Gasteiger charge is 2.62. The number of esters is 6. The lowest BCUT2D eigenvalue weighted by Gasteiger charge is -2.45. The molecular weight excluding hydrogens is 584 g/mol. The monoisotopic (exact) mass is 620 g/mol. The van der Waals surface area contributed by atoms with E-state index in [1.54, 1.807) is 13.8 Å². The zero-order valence-corrected chi connectivity index (χ0v) is 24.9. The Morgan fingerprint density at radius 1 is 0.721 bits per heavy atom. The fourth-order valence-corrected chi connectivity index (χ4v) is 4.90. The van der Waals surface area contributed by atoms with Gasteiger partial charge in [0.05, 0.1) is 7.11 Å². The number of fused-ring (bicyclic) bond motifs is 1. The maximum absolute atomic E-state index is 12.7. The van der Waals surface area contributed by atoms with Crippen LogP contribution >= 0.6 is 0 Å². The van der Waals surface area contributed by atoms with Crippen LogP contribution in [0.4, 0.5) is 0 Å². The Bertz CT molecular complexity index is 1090. The van der Waals surface area contributed by atoms with Crippen molar-refractivity contribution in [2.45, 2.75) is 116 Å². The van der Waals surface area contributed by atoms with Crippen molar-refractivity contribution in [2.75, 3.05) is 13.7 Å². The molecule has 10 atom stereocenters. The Hall–Kier alpha value is -3.38. The molecule has 0 aromatic carbocycles. The molecule has 3 aliphatic heterocycles. The smallest absolute Gasteiger partial charge is 0.350 e. The average molecular weight is 621 g/mol. The average Bonchev–Trinajstić information content (AvgIpc) is 3.35. The van der Waals surface area contributed by atoms with E-state index in [0.717, 1.165) is 41.7 Å². The fraction of sp³-hybridized carbons (Fsp3) is 0.769. The summed E-state index contributed by atoms with van der Waals surface area (Å²) in [6.45, 7) is 8.10. The molecule has 17 nitrogen and oxygen atoms in total. The predicted octanol–water partition coefficient (Wildman–Crippen LogP) is -0.564. The Morgan fingerprint density at radius 2 is 1.30 bits per heavy atom. The number of rotatable bonds is 10. The molecule has 0 bridgehead atoms. The van der Waals surface area contributed by atoms with Crippen molar-refractivity contribution >= 4 is 35.8 Å². The van der Waals surface area contributed by atoms with E-state index in [4.69, 9.17) is 52.1 Å². The Morgan fingerprint density at radius 3 is 1.84 bits per heavy atom. The molecule has 3 rings (SSSR count). The van der Waals surface area contributed by atoms with Crippen LogP contribution in [0.25, 0.3) is 0 Å². The van der Waals surface area contributed by atoms with Gasteiger partial charge in [-0.1, -0.05) is 0 Å². The summed E-state index contributed by atoms with van der Waals surface area (Å²) in [7, 11) is 1.07. The Labute approximate surface area is 246 Å². The maximum Gasteiger partial charge on any atom is 0.350 e. The molecule has 10 unspecified atom stereocenters. The van der Waals surface area contributed by atoms with E-state index in [-0.39, 0.29) is 0 Å². The van der Waals surface area contributed by atoms with Gasteiger partial charge in [0.25, 0.3) is 0 Å². The minimum Gasteiger partial charge on any atom is -0.466 e. The summed E-state index contributed by atoms with van der Waals surface area (Å²) >= 11 is 0. The topological polar surface area (TPSA) is 204 Å². The summed E-state index contributed by atoms with van der Waals surface area (Å²) in [5.74, 6) is -6.23. The SMILES string of the molecule is COC(=O)C(OC(C)=O)C1OC2OC(C)(C)OC2C1OC1OC(COC(C)=O)C(OC(C)=O)C(OC(C)=O)C1OC(C)=O. The normalized spacial score (nSPS) is 33.3. The third-order valence-electron chi connectivity index (χ3n) is 6.29. The van der Waals surface area contributed by atoms with Crippen LogP contribution in [0.1, 0.15) is 48.5 Å². The lowest BCUT2D eigenvalue weighted by molar-refractivity contribution is -0.328. The second kappa shape index (κ2) is 13.9. The second-order valence-electron chi connectivity index (χ2n) is 10.3.